The fraction of sp³-hybridized carbons (Fsp3) is 0.444. The van der Waals surface area contributed by atoms with Crippen molar-refractivity contribution in [3.8, 4) is 0 Å². The minimum absolute atomic E-state index is 0.435. The highest BCUT2D eigenvalue weighted by Crippen LogP contribution is 2.13. The van der Waals surface area contributed by atoms with Crippen LogP contribution in [-0.4, -0.2) is 62.6 Å². The number of nitrogens with one attached hydrogen (secondary N) is 1. The van der Waals surface area contributed by atoms with E-state index in [4.69, 9.17) is 32.5 Å². The third-order valence-electron chi connectivity index (χ3n) is 3.67. The molecule has 0 bridgehead atoms. The van der Waals surface area contributed by atoms with Gasteiger partial charge in [0.2, 0.25) is 0 Å². The van der Waals surface area contributed by atoms with Crippen molar-refractivity contribution in [2.45, 2.75) is 0 Å². The first-order chi connectivity index (χ1) is 13.1. The number of pyridine rings is 2. The van der Waals surface area contributed by atoms with Gasteiger partial charge in [-0.25, -0.2) is 9.97 Å². The Balaban J connectivity index is 0.000000159. The quantitative estimate of drug-likeness (QED) is 0.623. The molecule has 0 radical (unpaired) electrons. The maximum Gasteiger partial charge on any atom is 0.131 e. The Hall–Kier alpha value is -2.13. The van der Waals surface area contributed by atoms with Gasteiger partial charge in [-0.2, -0.15) is 0 Å². The molecule has 0 saturated carbocycles. The molecule has 0 atom stereocenters. The maximum absolute atomic E-state index is 5.60. The lowest BCUT2D eigenvalue weighted by atomic mass is 10.3. The van der Waals surface area contributed by atoms with Crippen LogP contribution in [0.1, 0.15) is 0 Å². The summed E-state index contributed by atoms with van der Waals surface area (Å²) in [6.45, 7) is 7.18. The predicted molar refractivity (Wildman–Crippen MR) is 109 cm³/mol. The van der Waals surface area contributed by atoms with Gasteiger partial charge in [-0.3, -0.25) is 0 Å². The number of anilines is 3. The fourth-order valence-electron chi connectivity index (χ4n) is 2.35. The molecule has 148 valence electrons. The van der Waals surface area contributed by atoms with E-state index in [0.717, 1.165) is 58.4 Å². The molecule has 0 amide bonds. The van der Waals surface area contributed by atoms with Crippen LogP contribution in [0.4, 0.5) is 17.5 Å². The molecule has 9 heteroatoms. The molecular formula is C18H27ClN6O2. The summed E-state index contributed by atoms with van der Waals surface area (Å²) in [5.74, 6) is 1.98. The zero-order valence-electron chi connectivity index (χ0n) is 15.3. The molecule has 2 aromatic rings. The van der Waals surface area contributed by atoms with Crippen LogP contribution < -0.4 is 21.7 Å². The third kappa shape index (κ3) is 8.87. The molecule has 2 fully saturated rings. The minimum Gasteiger partial charge on any atom is -0.384 e. The Labute approximate surface area is 164 Å². The van der Waals surface area contributed by atoms with E-state index in [2.05, 4.69) is 20.2 Å². The lowest BCUT2D eigenvalue weighted by molar-refractivity contribution is 0.109. The molecule has 0 aromatic carbocycles. The van der Waals surface area contributed by atoms with Crippen LogP contribution >= 0.6 is 11.6 Å². The van der Waals surface area contributed by atoms with E-state index in [1.54, 1.807) is 24.3 Å². The number of ether oxygens (including phenoxy) is 2. The number of aromatic nitrogens is 2. The van der Waals surface area contributed by atoms with Crippen molar-refractivity contribution >= 4 is 29.1 Å². The molecule has 2 saturated heterocycles. The predicted octanol–water partition coefficient (Wildman–Crippen LogP) is 1.42. The third-order valence-corrected chi connectivity index (χ3v) is 3.88. The number of nitrogens with two attached hydrogens (primary N) is 2. The second kappa shape index (κ2) is 12.3. The molecule has 8 nitrogen and oxygen atoms in total. The zero-order valence-corrected chi connectivity index (χ0v) is 16.1. The van der Waals surface area contributed by atoms with Crippen LogP contribution in [0.5, 0.6) is 0 Å². The normalized spacial score (nSPS) is 16.4. The molecule has 4 heterocycles. The van der Waals surface area contributed by atoms with Gasteiger partial charge in [-0.05, 0) is 24.3 Å². The van der Waals surface area contributed by atoms with Crippen molar-refractivity contribution in [3.05, 3.63) is 41.6 Å². The number of rotatable bonds is 1. The Kier molecular flexibility index (Phi) is 9.64. The highest BCUT2D eigenvalue weighted by molar-refractivity contribution is 6.29. The van der Waals surface area contributed by atoms with Gasteiger partial charge in [0, 0.05) is 26.2 Å². The average Bonchev–Trinajstić information content (AvgIpc) is 2.71. The molecule has 2 aliphatic heterocycles. The lowest BCUT2D eigenvalue weighted by Gasteiger charge is -2.27. The van der Waals surface area contributed by atoms with E-state index >= 15 is 0 Å². The van der Waals surface area contributed by atoms with Gasteiger partial charge >= 0.3 is 0 Å². The van der Waals surface area contributed by atoms with E-state index in [-0.39, 0.29) is 0 Å². The first-order valence-electron chi connectivity index (χ1n) is 8.87. The fourth-order valence-corrected chi connectivity index (χ4v) is 2.52. The SMILES string of the molecule is C1COCCN1.Nc1cccc(Cl)n1.Nc1cccc(N2CCOCC2)n1. The van der Waals surface area contributed by atoms with Gasteiger partial charge in [0.05, 0.1) is 26.4 Å². The largest absolute Gasteiger partial charge is 0.384 e. The summed E-state index contributed by atoms with van der Waals surface area (Å²) in [5.41, 5.74) is 10.9. The molecule has 4 rings (SSSR count). The van der Waals surface area contributed by atoms with Crippen LogP contribution in [0.3, 0.4) is 0 Å². The molecule has 0 unspecified atom stereocenters. The number of morpholine rings is 2. The summed E-state index contributed by atoms with van der Waals surface area (Å²) in [4.78, 5) is 10.1. The van der Waals surface area contributed by atoms with Gasteiger partial charge in [-0.15, -0.1) is 0 Å². The van der Waals surface area contributed by atoms with Crippen LogP contribution in [0.15, 0.2) is 36.4 Å². The molecule has 2 aromatic heterocycles. The number of nitrogens with zero attached hydrogens (tertiary/aromatic N) is 3. The van der Waals surface area contributed by atoms with Crippen molar-refractivity contribution in [1.82, 2.24) is 15.3 Å². The van der Waals surface area contributed by atoms with Gasteiger partial charge in [0.15, 0.2) is 0 Å². The summed E-state index contributed by atoms with van der Waals surface area (Å²) in [6.07, 6.45) is 0. The van der Waals surface area contributed by atoms with Gasteiger partial charge in [0.1, 0.15) is 22.6 Å². The standard InChI is InChI=1S/C9H13N3O.C5H5ClN2.C4H9NO/c10-8-2-1-3-9(11-8)12-4-6-13-7-5-12;6-4-2-1-3-5(7)8-4;1-3-6-4-2-5-1/h1-3H,4-7H2,(H2,10,11);1-3H,(H2,7,8);5H,1-4H2. The summed E-state index contributed by atoms with van der Waals surface area (Å²) < 4.78 is 10.3. The second-order valence-electron chi connectivity index (χ2n) is 5.77. The summed E-state index contributed by atoms with van der Waals surface area (Å²) >= 11 is 5.45. The molecular weight excluding hydrogens is 368 g/mol. The number of hydrogen-bond acceptors (Lipinski definition) is 8. The van der Waals surface area contributed by atoms with Crippen LogP contribution in [0.2, 0.25) is 5.15 Å². The first kappa shape index (κ1) is 21.2. The van der Waals surface area contributed by atoms with Crippen molar-refractivity contribution < 1.29 is 9.47 Å². The highest BCUT2D eigenvalue weighted by Gasteiger charge is 2.11. The van der Waals surface area contributed by atoms with E-state index in [0.29, 0.717) is 16.8 Å². The summed E-state index contributed by atoms with van der Waals surface area (Å²) in [6, 6.07) is 10.8. The number of hydrogen-bond donors (Lipinski definition) is 3. The van der Waals surface area contributed by atoms with E-state index in [9.17, 15) is 0 Å². The Bertz CT molecular complexity index is 637. The number of halogens is 1. The monoisotopic (exact) mass is 394 g/mol. The molecule has 0 spiro atoms. The second-order valence-corrected chi connectivity index (χ2v) is 6.15. The van der Waals surface area contributed by atoms with Gasteiger partial charge < -0.3 is 31.2 Å². The Morgan fingerprint density at radius 3 is 1.89 bits per heavy atom. The van der Waals surface area contributed by atoms with E-state index in [1.807, 2.05) is 12.1 Å². The van der Waals surface area contributed by atoms with Crippen molar-refractivity contribution in [2.24, 2.45) is 0 Å². The van der Waals surface area contributed by atoms with Gasteiger partial charge in [-0.1, -0.05) is 23.7 Å². The topological polar surface area (TPSA) is 112 Å². The van der Waals surface area contributed by atoms with E-state index in [1.165, 1.54) is 0 Å². The average molecular weight is 395 g/mol. The number of nitrogen functional groups attached to an aromatic ring is 2. The van der Waals surface area contributed by atoms with Crippen molar-refractivity contribution in [3.63, 3.8) is 0 Å². The molecule has 27 heavy (non-hydrogen) atoms. The first-order valence-corrected chi connectivity index (χ1v) is 9.24. The minimum atomic E-state index is 0.435. The Morgan fingerprint density at radius 1 is 0.852 bits per heavy atom. The van der Waals surface area contributed by atoms with Gasteiger partial charge in [0.25, 0.3) is 0 Å². The van der Waals surface area contributed by atoms with E-state index < -0.39 is 0 Å². The van der Waals surface area contributed by atoms with Crippen LogP contribution in [0, 0.1) is 0 Å². The van der Waals surface area contributed by atoms with Crippen LogP contribution in [0.25, 0.3) is 0 Å². The van der Waals surface area contributed by atoms with Crippen LogP contribution in [-0.2, 0) is 9.47 Å². The zero-order chi connectivity index (χ0) is 19.3. The smallest absolute Gasteiger partial charge is 0.131 e. The maximum atomic E-state index is 5.60. The van der Waals surface area contributed by atoms with Crippen molar-refractivity contribution in [1.29, 1.82) is 0 Å². The molecule has 2 aliphatic rings. The Morgan fingerprint density at radius 2 is 1.44 bits per heavy atom. The van der Waals surface area contributed by atoms with Crippen molar-refractivity contribution in [2.75, 3.05) is 69.0 Å². The summed E-state index contributed by atoms with van der Waals surface area (Å²) in [7, 11) is 0. The lowest BCUT2D eigenvalue weighted by Crippen LogP contribution is -2.36. The molecule has 0 aliphatic carbocycles. The highest BCUT2D eigenvalue weighted by atomic mass is 35.5. The molecule has 5 N–H and O–H groups in total. The summed E-state index contributed by atoms with van der Waals surface area (Å²) in [5, 5.41) is 3.59.